The van der Waals surface area contributed by atoms with Crippen molar-refractivity contribution in [1.29, 1.82) is 0 Å². The Bertz CT molecular complexity index is 796. The molecule has 0 aromatic heterocycles. The third-order valence-electron chi connectivity index (χ3n) is 3.64. The lowest BCUT2D eigenvalue weighted by Gasteiger charge is -2.14. The van der Waals surface area contributed by atoms with E-state index in [1.807, 2.05) is 31.2 Å². The van der Waals surface area contributed by atoms with Crippen LogP contribution >= 0.6 is 23.8 Å². The maximum absolute atomic E-state index is 11.8. The van der Waals surface area contributed by atoms with Crippen molar-refractivity contribution < 1.29 is 14.3 Å². The van der Waals surface area contributed by atoms with E-state index in [-0.39, 0.29) is 0 Å². The van der Waals surface area contributed by atoms with Crippen molar-refractivity contribution in [3.05, 3.63) is 58.1 Å². The number of carbonyl (C=O) groups is 1. The van der Waals surface area contributed by atoms with Crippen LogP contribution in [0.3, 0.4) is 0 Å². The number of methoxy groups -OCH3 is 2. The van der Waals surface area contributed by atoms with Crippen LogP contribution < -0.4 is 15.4 Å². The van der Waals surface area contributed by atoms with Crippen molar-refractivity contribution in [2.75, 3.05) is 19.5 Å². The number of nitrogens with one attached hydrogen (secondary N) is 2. The van der Waals surface area contributed by atoms with Crippen molar-refractivity contribution in [2.24, 2.45) is 0 Å². The third kappa shape index (κ3) is 4.84. The first-order valence-corrected chi connectivity index (χ1v) is 8.30. The van der Waals surface area contributed by atoms with Crippen LogP contribution in [0.15, 0.2) is 36.4 Å². The Balaban J connectivity index is 2.04. The van der Waals surface area contributed by atoms with E-state index in [1.54, 1.807) is 12.1 Å². The smallest absolute Gasteiger partial charge is 0.341 e. The Hall–Kier alpha value is -2.31. The molecular weight excluding hydrogens is 360 g/mol. The van der Waals surface area contributed by atoms with Crippen LogP contribution in [0.4, 0.5) is 5.69 Å². The molecule has 0 aliphatic heterocycles. The van der Waals surface area contributed by atoms with Gasteiger partial charge in [-0.2, -0.15) is 0 Å². The number of halogens is 1. The summed E-state index contributed by atoms with van der Waals surface area (Å²) in [5.74, 6) is 0.0137. The molecule has 132 valence electrons. The van der Waals surface area contributed by atoms with E-state index >= 15 is 0 Å². The van der Waals surface area contributed by atoms with Gasteiger partial charge < -0.3 is 20.1 Å². The van der Waals surface area contributed by atoms with Gasteiger partial charge in [-0.3, -0.25) is 0 Å². The number of anilines is 1. The molecular formula is C18H19ClN2O3S. The molecule has 0 spiro atoms. The molecule has 0 radical (unpaired) electrons. The zero-order valence-corrected chi connectivity index (χ0v) is 15.8. The summed E-state index contributed by atoms with van der Waals surface area (Å²) >= 11 is 11.4. The predicted octanol–water partition coefficient (Wildman–Crippen LogP) is 3.93. The van der Waals surface area contributed by atoms with Crippen molar-refractivity contribution in [3.63, 3.8) is 0 Å². The summed E-state index contributed by atoms with van der Waals surface area (Å²) < 4.78 is 9.95. The van der Waals surface area contributed by atoms with Crippen molar-refractivity contribution >= 4 is 40.6 Å². The summed E-state index contributed by atoms with van der Waals surface area (Å²) in [5.41, 5.74) is 3.00. The summed E-state index contributed by atoms with van der Waals surface area (Å²) in [6.45, 7) is 2.36. The quantitative estimate of drug-likeness (QED) is 0.607. The molecule has 0 saturated heterocycles. The van der Waals surface area contributed by atoms with Crippen molar-refractivity contribution in [2.45, 2.75) is 13.5 Å². The minimum absolute atomic E-state index is 0.369. The molecule has 0 fully saturated rings. The summed E-state index contributed by atoms with van der Waals surface area (Å²) in [7, 11) is 2.84. The summed E-state index contributed by atoms with van der Waals surface area (Å²) in [5, 5.41) is 7.34. The van der Waals surface area contributed by atoms with Gasteiger partial charge in [-0.25, -0.2) is 4.79 Å². The van der Waals surface area contributed by atoms with Crippen LogP contribution in [0.5, 0.6) is 5.75 Å². The molecule has 7 heteroatoms. The average Bonchev–Trinajstić information content (AvgIpc) is 2.63. The van der Waals surface area contributed by atoms with Crippen LogP contribution in [0.1, 0.15) is 21.5 Å². The van der Waals surface area contributed by atoms with Crippen LogP contribution in [0.2, 0.25) is 5.02 Å². The van der Waals surface area contributed by atoms with E-state index in [2.05, 4.69) is 10.6 Å². The Labute approximate surface area is 157 Å². The van der Waals surface area contributed by atoms with Crippen molar-refractivity contribution in [1.82, 2.24) is 5.32 Å². The maximum atomic E-state index is 11.8. The predicted molar refractivity (Wildman–Crippen MR) is 104 cm³/mol. The van der Waals surface area contributed by atoms with Gasteiger partial charge in [0.25, 0.3) is 0 Å². The molecule has 2 aromatic carbocycles. The minimum Gasteiger partial charge on any atom is -0.496 e. The van der Waals surface area contributed by atoms with E-state index in [9.17, 15) is 4.79 Å². The second-order valence-electron chi connectivity index (χ2n) is 5.25. The van der Waals surface area contributed by atoms with Crippen LogP contribution in [0, 0.1) is 6.92 Å². The molecule has 0 atom stereocenters. The van der Waals surface area contributed by atoms with Gasteiger partial charge in [-0.1, -0.05) is 23.7 Å². The number of ether oxygens (including phenoxy) is 2. The van der Waals surface area contributed by atoms with Gasteiger partial charge >= 0.3 is 5.97 Å². The highest BCUT2D eigenvalue weighted by Gasteiger charge is 2.13. The van der Waals surface area contributed by atoms with Crippen LogP contribution in [0.25, 0.3) is 0 Å². The first kappa shape index (κ1) is 19.0. The Morgan fingerprint density at radius 2 is 2.00 bits per heavy atom. The van der Waals surface area contributed by atoms with Gasteiger partial charge in [-0.15, -0.1) is 0 Å². The van der Waals surface area contributed by atoms with E-state index in [1.165, 1.54) is 14.2 Å². The molecule has 0 heterocycles. The van der Waals surface area contributed by atoms with Gasteiger partial charge in [-0.05, 0) is 54.5 Å². The lowest BCUT2D eigenvalue weighted by atomic mass is 10.1. The molecule has 0 aliphatic carbocycles. The fraction of sp³-hybridized carbons (Fsp3) is 0.222. The minimum atomic E-state index is -0.450. The van der Waals surface area contributed by atoms with Gasteiger partial charge in [0.2, 0.25) is 0 Å². The Morgan fingerprint density at radius 1 is 1.24 bits per heavy atom. The first-order chi connectivity index (χ1) is 12.0. The van der Waals surface area contributed by atoms with Gasteiger partial charge in [0.1, 0.15) is 11.3 Å². The standard InChI is InChI=1S/C18H19ClN2O3S/c1-11-14(19)5-4-6-15(11)21-18(25)20-10-12-7-8-16(23-2)13(9-12)17(22)24-3/h4-9H,10H2,1-3H3,(H2,20,21,25). The van der Waals surface area contributed by atoms with Gasteiger partial charge in [0, 0.05) is 17.3 Å². The molecule has 0 saturated carbocycles. The molecule has 0 bridgehead atoms. The van der Waals surface area contributed by atoms with Gasteiger partial charge in [0.15, 0.2) is 5.11 Å². The second kappa shape index (κ2) is 8.69. The summed E-state index contributed by atoms with van der Waals surface area (Å²) in [6, 6.07) is 10.9. The van der Waals surface area contributed by atoms with Crippen molar-refractivity contribution in [3.8, 4) is 5.75 Å². The van der Waals surface area contributed by atoms with Crippen LogP contribution in [-0.2, 0) is 11.3 Å². The molecule has 2 rings (SSSR count). The number of hydrogen-bond acceptors (Lipinski definition) is 4. The highest BCUT2D eigenvalue weighted by molar-refractivity contribution is 7.80. The lowest BCUT2D eigenvalue weighted by molar-refractivity contribution is 0.0597. The molecule has 2 aromatic rings. The summed E-state index contributed by atoms with van der Waals surface area (Å²) in [6.07, 6.45) is 0. The lowest BCUT2D eigenvalue weighted by Crippen LogP contribution is -2.28. The number of rotatable bonds is 5. The molecule has 0 unspecified atom stereocenters. The molecule has 2 N–H and O–H groups in total. The van der Waals surface area contributed by atoms with E-state index in [4.69, 9.17) is 33.3 Å². The monoisotopic (exact) mass is 378 g/mol. The number of benzene rings is 2. The zero-order chi connectivity index (χ0) is 18.4. The maximum Gasteiger partial charge on any atom is 0.341 e. The largest absolute Gasteiger partial charge is 0.496 e. The summed E-state index contributed by atoms with van der Waals surface area (Å²) in [4.78, 5) is 11.8. The number of thiocarbonyl (C=S) groups is 1. The Morgan fingerprint density at radius 3 is 2.68 bits per heavy atom. The second-order valence-corrected chi connectivity index (χ2v) is 6.06. The number of carbonyl (C=O) groups excluding carboxylic acids is 1. The topological polar surface area (TPSA) is 59.6 Å². The normalized spacial score (nSPS) is 10.1. The third-order valence-corrected chi connectivity index (χ3v) is 4.29. The molecule has 25 heavy (non-hydrogen) atoms. The fourth-order valence-electron chi connectivity index (χ4n) is 2.23. The van der Waals surface area contributed by atoms with E-state index in [0.29, 0.717) is 28.0 Å². The van der Waals surface area contributed by atoms with Gasteiger partial charge in [0.05, 0.1) is 14.2 Å². The zero-order valence-electron chi connectivity index (χ0n) is 14.2. The molecule has 5 nitrogen and oxygen atoms in total. The average molecular weight is 379 g/mol. The highest BCUT2D eigenvalue weighted by atomic mass is 35.5. The Kier molecular flexibility index (Phi) is 6.61. The number of esters is 1. The first-order valence-electron chi connectivity index (χ1n) is 7.51. The fourth-order valence-corrected chi connectivity index (χ4v) is 2.58. The molecule has 0 amide bonds. The van der Waals surface area contributed by atoms with Crippen LogP contribution in [-0.4, -0.2) is 25.3 Å². The molecule has 0 aliphatic rings. The highest BCUT2D eigenvalue weighted by Crippen LogP contribution is 2.23. The van der Waals surface area contributed by atoms with E-state index < -0.39 is 5.97 Å². The number of hydrogen-bond donors (Lipinski definition) is 2. The SMILES string of the molecule is COC(=O)c1cc(CNC(=S)Nc2cccc(Cl)c2C)ccc1OC. The van der Waals surface area contributed by atoms with E-state index in [0.717, 1.165) is 16.8 Å².